The Morgan fingerprint density at radius 3 is 2.62 bits per heavy atom. The molecule has 1 fully saturated rings. The largest absolute Gasteiger partial charge is 0.454 e. The van der Waals surface area contributed by atoms with E-state index >= 15 is 0 Å². The van der Waals surface area contributed by atoms with Gasteiger partial charge in [-0.15, -0.1) is 0 Å². The van der Waals surface area contributed by atoms with Crippen LogP contribution in [-0.2, 0) is 16.8 Å². The van der Waals surface area contributed by atoms with Crippen LogP contribution < -0.4 is 14.8 Å². The van der Waals surface area contributed by atoms with Gasteiger partial charge in [0.1, 0.15) is 5.82 Å². The van der Waals surface area contributed by atoms with Crippen molar-refractivity contribution in [3.63, 3.8) is 0 Å². The maximum atomic E-state index is 13.2. The normalized spacial score (nSPS) is 15.6. The zero-order valence-corrected chi connectivity index (χ0v) is 18.9. The second-order valence-corrected chi connectivity index (χ2v) is 9.17. The molecule has 2 aliphatic rings. The number of benzene rings is 2. The fraction of sp³-hybridized carbons (Fsp3) is 0.280. The molecule has 0 saturated heterocycles. The van der Waals surface area contributed by atoms with Gasteiger partial charge in [0, 0.05) is 12.1 Å². The highest BCUT2D eigenvalue weighted by Crippen LogP contribution is 2.51. The van der Waals surface area contributed by atoms with Crippen LogP contribution in [0.4, 0.5) is 5.82 Å². The topological polar surface area (TPSA) is 63.7 Å². The number of anilines is 1. The molecule has 0 atom stereocenters. The number of nitrogens with one attached hydrogen (secondary N) is 1. The predicted molar refractivity (Wildman–Crippen MR) is 127 cm³/mol. The second-order valence-electron chi connectivity index (χ2n) is 8.18. The first-order valence-corrected chi connectivity index (χ1v) is 11.8. The first kappa shape index (κ1) is 20.8. The van der Waals surface area contributed by atoms with Gasteiger partial charge in [-0.2, -0.15) is 0 Å². The van der Waals surface area contributed by atoms with Crippen molar-refractivity contribution in [3.05, 3.63) is 71.8 Å². The van der Waals surface area contributed by atoms with E-state index < -0.39 is 5.41 Å². The number of carbonyl (C=O) groups is 1. The number of pyridine rings is 1. The summed E-state index contributed by atoms with van der Waals surface area (Å²) in [4.78, 5) is 17.9. The lowest BCUT2D eigenvalue weighted by Crippen LogP contribution is -2.28. The molecule has 6 nitrogen and oxygen atoms in total. The molecule has 1 saturated carbocycles. The van der Waals surface area contributed by atoms with E-state index in [0.29, 0.717) is 11.6 Å². The summed E-state index contributed by atoms with van der Waals surface area (Å²) in [7, 11) is 2.07. The third-order valence-electron chi connectivity index (χ3n) is 6.07. The van der Waals surface area contributed by atoms with Gasteiger partial charge in [0.05, 0.1) is 11.1 Å². The van der Waals surface area contributed by atoms with Crippen LogP contribution in [0, 0.1) is 0 Å². The summed E-state index contributed by atoms with van der Waals surface area (Å²) < 4.78 is 13.1. The number of fused-ring (bicyclic) bond motifs is 1. The first-order chi connectivity index (χ1) is 15.6. The van der Waals surface area contributed by atoms with E-state index in [-0.39, 0.29) is 12.7 Å². The van der Waals surface area contributed by atoms with Crippen LogP contribution in [0.1, 0.15) is 24.0 Å². The molecule has 2 heterocycles. The highest BCUT2D eigenvalue weighted by atomic mass is 32.2. The minimum Gasteiger partial charge on any atom is -0.454 e. The molecule has 164 valence electrons. The average molecular weight is 448 g/mol. The van der Waals surface area contributed by atoms with Crippen molar-refractivity contribution in [3.8, 4) is 22.8 Å². The van der Waals surface area contributed by atoms with E-state index in [1.54, 1.807) is 11.9 Å². The minimum atomic E-state index is -0.524. The predicted octanol–water partition coefficient (Wildman–Crippen LogP) is 4.86. The molecule has 0 bridgehead atoms. The van der Waals surface area contributed by atoms with Gasteiger partial charge in [-0.3, -0.25) is 4.79 Å². The van der Waals surface area contributed by atoms with Gasteiger partial charge < -0.3 is 14.8 Å². The lowest BCUT2D eigenvalue weighted by molar-refractivity contribution is -0.118. The van der Waals surface area contributed by atoms with Crippen LogP contribution in [0.25, 0.3) is 11.3 Å². The highest BCUT2D eigenvalue weighted by molar-refractivity contribution is 7.96. The van der Waals surface area contributed by atoms with Gasteiger partial charge >= 0.3 is 0 Å². The highest BCUT2D eigenvalue weighted by Gasteiger charge is 2.51. The van der Waals surface area contributed by atoms with Crippen LogP contribution >= 0.6 is 11.9 Å². The molecule has 0 radical (unpaired) electrons. The van der Waals surface area contributed by atoms with Crippen molar-refractivity contribution in [2.75, 3.05) is 25.4 Å². The Bertz CT molecular complexity index is 1150. The molecule has 1 N–H and O–H groups in total. The van der Waals surface area contributed by atoms with E-state index in [9.17, 15) is 4.79 Å². The smallest absolute Gasteiger partial charge is 0.236 e. The van der Waals surface area contributed by atoms with Gasteiger partial charge in [-0.05, 0) is 61.5 Å². The molecular weight excluding hydrogens is 422 g/mol. The maximum Gasteiger partial charge on any atom is 0.236 e. The number of ether oxygens (including phenoxy) is 2. The van der Waals surface area contributed by atoms with Crippen molar-refractivity contribution in [1.82, 2.24) is 9.29 Å². The third kappa shape index (κ3) is 4.06. The van der Waals surface area contributed by atoms with Crippen LogP contribution in [0.2, 0.25) is 0 Å². The Morgan fingerprint density at radius 2 is 1.88 bits per heavy atom. The number of hydrogen-bond acceptors (Lipinski definition) is 6. The fourth-order valence-corrected chi connectivity index (χ4v) is 4.25. The second kappa shape index (κ2) is 8.48. The van der Waals surface area contributed by atoms with Crippen LogP contribution in [0.15, 0.2) is 60.7 Å². The van der Waals surface area contributed by atoms with E-state index in [1.807, 2.05) is 36.4 Å². The molecule has 1 aliphatic heterocycles. The number of rotatable bonds is 7. The van der Waals surface area contributed by atoms with Crippen LogP contribution in [-0.4, -0.2) is 35.3 Å². The van der Waals surface area contributed by atoms with E-state index in [0.717, 1.165) is 42.0 Å². The first-order valence-electron chi connectivity index (χ1n) is 10.6. The number of carbonyl (C=O) groups excluding carboxylic acids is 1. The Labute approximate surface area is 192 Å². The summed E-state index contributed by atoms with van der Waals surface area (Å²) >= 11 is 1.71. The maximum absolute atomic E-state index is 13.2. The molecule has 0 spiro atoms. The van der Waals surface area contributed by atoms with Crippen LogP contribution in [0.5, 0.6) is 11.5 Å². The Morgan fingerprint density at radius 1 is 1.09 bits per heavy atom. The SMILES string of the molecule is CSN(C)Cc1ccc(-c2cccc(NC(=O)C3(c4ccc5c(c4)OCO5)CC3)n2)cc1. The molecule has 32 heavy (non-hydrogen) atoms. The summed E-state index contributed by atoms with van der Waals surface area (Å²) in [6, 6.07) is 19.9. The molecule has 3 aromatic rings. The lowest BCUT2D eigenvalue weighted by Gasteiger charge is -2.16. The molecule has 1 aliphatic carbocycles. The summed E-state index contributed by atoms with van der Waals surface area (Å²) in [5.74, 6) is 1.96. The quantitative estimate of drug-likeness (QED) is 0.522. The Kier molecular flexibility index (Phi) is 5.53. The zero-order chi connectivity index (χ0) is 22.1. The van der Waals surface area contributed by atoms with Crippen molar-refractivity contribution in [1.29, 1.82) is 0 Å². The molecule has 2 aromatic carbocycles. The molecule has 1 aromatic heterocycles. The van der Waals surface area contributed by atoms with Gasteiger partial charge in [-0.1, -0.05) is 48.3 Å². The third-order valence-corrected chi connectivity index (χ3v) is 6.82. The van der Waals surface area contributed by atoms with Crippen molar-refractivity contribution in [2.24, 2.45) is 0 Å². The minimum absolute atomic E-state index is 0.0310. The van der Waals surface area contributed by atoms with Crippen molar-refractivity contribution < 1.29 is 14.3 Å². The van der Waals surface area contributed by atoms with E-state index in [1.165, 1.54) is 5.56 Å². The molecular formula is C25H25N3O3S. The number of nitrogens with zero attached hydrogens (tertiary/aromatic N) is 2. The number of hydrogen-bond donors (Lipinski definition) is 1. The zero-order valence-electron chi connectivity index (χ0n) is 18.1. The lowest BCUT2D eigenvalue weighted by atomic mass is 9.94. The Hall–Kier alpha value is -3.03. The van der Waals surface area contributed by atoms with Gasteiger partial charge in [0.2, 0.25) is 12.7 Å². The number of aromatic nitrogens is 1. The van der Waals surface area contributed by atoms with E-state index in [2.05, 4.69) is 47.2 Å². The van der Waals surface area contributed by atoms with Crippen molar-refractivity contribution >= 4 is 23.7 Å². The molecule has 0 unspecified atom stereocenters. The number of amides is 1. The summed E-state index contributed by atoms with van der Waals surface area (Å²) in [5, 5.41) is 3.03. The van der Waals surface area contributed by atoms with E-state index in [4.69, 9.17) is 14.5 Å². The van der Waals surface area contributed by atoms with Gasteiger partial charge in [-0.25, -0.2) is 9.29 Å². The fourth-order valence-electron chi connectivity index (χ4n) is 3.97. The monoisotopic (exact) mass is 447 g/mol. The standard InChI is InChI=1S/C25H25N3O3S/c1-28(32-2)15-17-6-8-18(9-7-17)20-4-3-5-23(26-20)27-24(29)25(12-13-25)19-10-11-21-22(14-19)31-16-30-21/h3-11,14H,12-13,15-16H2,1-2H3,(H,26,27,29). The summed E-state index contributed by atoms with van der Waals surface area (Å²) in [6.45, 7) is 1.11. The average Bonchev–Trinajstić information content (AvgIpc) is 3.50. The summed E-state index contributed by atoms with van der Waals surface area (Å²) in [5.41, 5.74) is 3.54. The Balaban J connectivity index is 1.31. The van der Waals surface area contributed by atoms with Crippen molar-refractivity contribution in [2.45, 2.75) is 24.8 Å². The van der Waals surface area contributed by atoms with Gasteiger partial charge in [0.15, 0.2) is 11.5 Å². The molecule has 7 heteroatoms. The molecule has 5 rings (SSSR count). The van der Waals surface area contributed by atoms with Crippen LogP contribution in [0.3, 0.4) is 0 Å². The van der Waals surface area contributed by atoms with Gasteiger partial charge in [0.25, 0.3) is 0 Å². The molecule has 1 amide bonds. The summed E-state index contributed by atoms with van der Waals surface area (Å²) in [6.07, 6.45) is 3.69.